The quantitative estimate of drug-likeness (QED) is 0.845. The zero-order valence-electron chi connectivity index (χ0n) is 10.4. The van der Waals surface area contributed by atoms with Crippen molar-refractivity contribution in [3.8, 4) is 5.75 Å². The highest BCUT2D eigenvalue weighted by molar-refractivity contribution is 5.43. The van der Waals surface area contributed by atoms with Gasteiger partial charge in [-0.25, -0.2) is 0 Å². The Labute approximate surface area is 97.8 Å². The van der Waals surface area contributed by atoms with Crippen molar-refractivity contribution in [2.24, 2.45) is 11.7 Å². The molecule has 0 bridgehead atoms. The van der Waals surface area contributed by atoms with Crippen LogP contribution in [-0.4, -0.2) is 13.7 Å². The van der Waals surface area contributed by atoms with Crippen molar-refractivity contribution in [2.75, 3.05) is 13.7 Å². The topological polar surface area (TPSA) is 35.2 Å². The van der Waals surface area contributed by atoms with Crippen LogP contribution in [0.15, 0.2) is 12.1 Å². The summed E-state index contributed by atoms with van der Waals surface area (Å²) < 4.78 is 5.34. The first kappa shape index (κ1) is 11.5. The molecule has 0 aliphatic heterocycles. The lowest BCUT2D eigenvalue weighted by molar-refractivity contribution is 0.411. The van der Waals surface area contributed by atoms with Gasteiger partial charge < -0.3 is 10.5 Å². The molecule has 1 fully saturated rings. The number of hydrogen-bond acceptors (Lipinski definition) is 2. The van der Waals surface area contributed by atoms with Gasteiger partial charge in [0, 0.05) is 0 Å². The molecular formula is C14H21NO. The predicted octanol–water partition coefficient (Wildman–Crippen LogP) is 2.76. The second-order valence-corrected chi connectivity index (χ2v) is 4.86. The average Bonchev–Trinajstić information content (AvgIpc) is 3.08. The zero-order chi connectivity index (χ0) is 11.7. The molecular weight excluding hydrogens is 198 g/mol. The third kappa shape index (κ3) is 2.07. The van der Waals surface area contributed by atoms with Gasteiger partial charge in [0.2, 0.25) is 0 Å². The third-order valence-corrected chi connectivity index (χ3v) is 3.63. The summed E-state index contributed by atoms with van der Waals surface area (Å²) in [4.78, 5) is 0. The minimum atomic E-state index is 0.546. The Bertz CT molecular complexity index is 383. The number of aryl methyl sites for hydroxylation is 2. The molecule has 2 heteroatoms. The van der Waals surface area contributed by atoms with Crippen molar-refractivity contribution in [3.63, 3.8) is 0 Å². The maximum absolute atomic E-state index is 5.90. The fourth-order valence-corrected chi connectivity index (χ4v) is 2.50. The maximum atomic E-state index is 5.90. The maximum Gasteiger partial charge on any atom is 0.122 e. The first-order valence-corrected chi connectivity index (χ1v) is 6.02. The van der Waals surface area contributed by atoms with Gasteiger partial charge in [0.05, 0.1) is 7.11 Å². The fraction of sp³-hybridized carbons (Fsp3) is 0.571. The molecule has 0 aromatic heterocycles. The SMILES string of the molecule is COc1cc(C)c(C(CN)C2CC2)cc1C. The van der Waals surface area contributed by atoms with Gasteiger partial charge in [0.25, 0.3) is 0 Å². The van der Waals surface area contributed by atoms with Crippen LogP contribution in [0.4, 0.5) is 0 Å². The number of ether oxygens (including phenoxy) is 1. The summed E-state index contributed by atoms with van der Waals surface area (Å²) in [5, 5.41) is 0. The van der Waals surface area contributed by atoms with Crippen molar-refractivity contribution in [1.29, 1.82) is 0 Å². The fourth-order valence-electron chi connectivity index (χ4n) is 2.50. The summed E-state index contributed by atoms with van der Waals surface area (Å²) in [5.41, 5.74) is 9.84. The van der Waals surface area contributed by atoms with E-state index in [1.165, 1.54) is 29.5 Å². The average molecular weight is 219 g/mol. The molecule has 2 nitrogen and oxygen atoms in total. The van der Waals surface area contributed by atoms with E-state index in [0.717, 1.165) is 18.2 Å². The van der Waals surface area contributed by atoms with Crippen LogP contribution < -0.4 is 10.5 Å². The number of hydrogen-bond donors (Lipinski definition) is 1. The van der Waals surface area contributed by atoms with Gasteiger partial charge in [0.1, 0.15) is 5.75 Å². The molecule has 1 atom stereocenters. The Hall–Kier alpha value is -1.02. The smallest absolute Gasteiger partial charge is 0.122 e. The Morgan fingerprint density at radius 3 is 2.50 bits per heavy atom. The molecule has 1 unspecified atom stereocenters. The van der Waals surface area contributed by atoms with Crippen molar-refractivity contribution < 1.29 is 4.74 Å². The molecule has 0 radical (unpaired) electrons. The summed E-state index contributed by atoms with van der Waals surface area (Å²) in [6.07, 6.45) is 2.68. The molecule has 0 saturated heterocycles. The largest absolute Gasteiger partial charge is 0.496 e. The molecule has 0 amide bonds. The highest BCUT2D eigenvalue weighted by Crippen LogP contribution is 2.43. The van der Waals surface area contributed by atoms with Gasteiger partial charge in [-0.3, -0.25) is 0 Å². The molecule has 1 aliphatic rings. The summed E-state index contributed by atoms with van der Waals surface area (Å²) in [6.45, 7) is 5.02. The van der Waals surface area contributed by atoms with Crippen LogP contribution in [0, 0.1) is 19.8 Å². The molecule has 1 saturated carbocycles. The molecule has 1 aromatic rings. The molecule has 2 rings (SSSR count). The van der Waals surface area contributed by atoms with Gasteiger partial charge in [0.15, 0.2) is 0 Å². The lowest BCUT2D eigenvalue weighted by atomic mass is 9.89. The summed E-state index contributed by atoms with van der Waals surface area (Å²) in [5.74, 6) is 2.34. The van der Waals surface area contributed by atoms with Crippen LogP contribution in [0.1, 0.15) is 35.4 Å². The minimum absolute atomic E-state index is 0.546. The van der Waals surface area contributed by atoms with Crippen LogP contribution >= 0.6 is 0 Å². The van der Waals surface area contributed by atoms with E-state index < -0.39 is 0 Å². The van der Waals surface area contributed by atoms with E-state index in [-0.39, 0.29) is 0 Å². The molecule has 2 N–H and O–H groups in total. The molecule has 16 heavy (non-hydrogen) atoms. The number of rotatable bonds is 4. The normalized spacial score (nSPS) is 17.2. The summed E-state index contributed by atoms with van der Waals surface area (Å²) in [7, 11) is 1.72. The van der Waals surface area contributed by atoms with Crippen LogP contribution in [0.2, 0.25) is 0 Å². The standard InChI is InChI=1S/C14H21NO/c1-9-7-14(16-3)10(2)6-12(9)13(8-15)11-4-5-11/h6-7,11,13H,4-5,8,15H2,1-3H3. The number of nitrogens with two attached hydrogens (primary N) is 1. The highest BCUT2D eigenvalue weighted by Gasteiger charge is 2.32. The Kier molecular flexibility index (Phi) is 3.20. The van der Waals surface area contributed by atoms with Gasteiger partial charge >= 0.3 is 0 Å². The first-order valence-electron chi connectivity index (χ1n) is 6.02. The third-order valence-electron chi connectivity index (χ3n) is 3.63. The lowest BCUT2D eigenvalue weighted by Crippen LogP contribution is -2.15. The summed E-state index contributed by atoms with van der Waals surface area (Å²) >= 11 is 0. The van der Waals surface area contributed by atoms with Gasteiger partial charge in [-0.1, -0.05) is 6.07 Å². The van der Waals surface area contributed by atoms with Crippen molar-refractivity contribution in [2.45, 2.75) is 32.6 Å². The van der Waals surface area contributed by atoms with E-state index in [0.29, 0.717) is 5.92 Å². The zero-order valence-corrected chi connectivity index (χ0v) is 10.4. The van der Waals surface area contributed by atoms with Crippen LogP contribution in [0.5, 0.6) is 5.75 Å². The van der Waals surface area contributed by atoms with Gasteiger partial charge in [-0.15, -0.1) is 0 Å². The molecule has 1 aliphatic carbocycles. The molecule has 0 spiro atoms. The van der Waals surface area contributed by atoms with E-state index in [1.807, 2.05) is 0 Å². The summed E-state index contributed by atoms with van der Waals surface area (Å²) in [6, 6.07) is 4.39. The monoisotopic (exact) mass is 219 g/mol. The van der Waals surface area contributed by atoms with Gasteiger partial charge in [-0.05, 0) is 67.8 Å². The minimum Gasteiger partial charge on any atom is -0.496 e. The Balaban J connectivity index is 2.36. The van der Waals surface area contributed by atoms with Gasteiger partial charge in [-0.2, -0.15) is 0 Å². The van der Waals surface area contributed by atoms with Crippen LogP contribution in [-0.2, 0) is 0 Å². The van der Waals surface area contributed by atoms with E-state index in [9.17, 15) is 0 Å². The van der Waals surface area contributed by atoms with E-state index >= 15 is 0 Å². The molecule has 0 heterocycles. The van der Waals surface area contributed by atoms with Crippen molar-refractivity contribution in [3.05, 3.63) is 28.8 Å². The second-order valence-electron chi connectivity index (χ2n) is 4.86. The van der Waals surface area contributed by atoms with Crippen molar-refractivity contribution in [1.82, 2.24) is 0 Å². The first-order chi connectivity index (χ1) is 7.67. The van der Waals surface area contributed by atoms with E-state index in [4.69, 9.17) is 10.5 Å². The second kappa shape index (κ2) is 4.46. The van der Waals surface area contributed by atoms with E-state index in [1.54, 1.807) is 7.11 Å². The highest BCUT2D eigenvalue weighted by atomic mass is 16.5. The van der Waals surface area contributed by atoms with Crippen molar-refractivity contribution >= 4 is 0 Å². The predicted molar refractivity (Wildman–Crippen MR) is 67.0 cm³/mol. The lowest BCUT2D eigenvalue weighted by Gasteiger charge is -2.19. The number of benzene rings is 1. The Morgan fingerprint density at radius 2 is 2.00 bits per heavy atom. The van der Waals surface area contributed by atoms with E-state index in [2.05, 4.69) is 26.0 Å². The van der Waals surface area contributed by atoms with Crippen LogP contribution in [0.25, 0.3) is 0 Å². The molecule has 88 valence electrons. The molecule has 1 aromatic carbocycles. The van der Waals surface area contributed by atoms with Crippen LogP contribution in [0.3, 0.4) is 0 Å². The Morgan fingerprint density at radius 1 is 1.31 bits per heavy atom. The number of methoxy groups -OCH3 is 1.